The Labute approximate surface area is 98.1 Å². The molecule has 2 N–H and O–H groups in total. The maximum absolute atomic E-state index is 12.2. The fraction of sp³-hybridized carbons (Fsp3) is 0.917. The van der Waals surface area contributed by atoms with Crippen LogP contribution in [-0.4, -0.2) is 43.2 Å². The van der Waals surface area contributed by atoms with Gasteiger partial charge in [-0.15, -0.1) is 0 Å². The second kappa shape index (κ2) is 6.21. The number of amides is 1. The summed E-state index contributed by atoms with van der Waals surface area (Å²) in [4.78, 5) is 14.1. The summed E-state index contributed by atoms with van der Waals surface area (Å²) in [6, 6.07) is -0.159. The first-order chi connectivity index (χ1) is 7.57. The summed E-state index contributed by atoms with van der Waals surface area (Å²) >= 11 is 0. The number of hydrogen-bond donors (Lipinski definition) is 1. The highest BCUT2D eigenvalue weighted by atomic mass is 16.5. The van der Waals surface area contributed by atoms with Crippen LogP contribution in [0.15, 0.2) is 0 Å². The van der Waals surface area contributed by atoms with E-state index in [0.29, 0.717) is 6.61 Å². The Morgan fingerprint density at radius 3 is 2.75 bits per heavy atom. The minimum Gasteiger partial charge on any atom is -0.383 e. The lowest BCUT2D eigenvalue weighted by molar-refractivity contribution is -0.138. The van der Waals surface area contributed by atoms with Gasteiger partial charge in [0, 0.05) is 13.7 Å². The van der Waals surface area contributed by atoms with Gasteiger partial charge < -0.3 is 15.4 Å². The Kier molecular flexibility index (Phi) is 5.22. The van der Waals surface area contributed by atoms with Crippen molar-refractivity contribution in [3.63, 3.8) is 0 Å². The van der Waals surface area contributed by atoms with E-state index in [1.165, 1.54) is 6.42 Å². The number of carbonyl (C=O) groups excluding carboxylic acids is 1. The molecule has 16 heavy (non-hydrogen) atoms. The van der Waals surface area contributed by atoms with Gasteiger partial charge in [-0.3, -0.25) is 4.79 Å². The van der Waals surface area contributed by atoms with E-state index in [1.807, 2.05) is 18.7 Å². The number of nitrogens with zero attached hydrogens (tertiary/aromatic N) is 1. The number of likely N-dealkylation sites (tertiary alicyclic amines) is 1. The summed E-state index contributed by atoms with van der Waals surface area (Å²) in [6.45, 7) is 5.42. The van der Waals surface area contributed by atoms with Crippen molar-refractivity contribution in [1.29, 1.82) is 0 Å². The molecular weight excluding hydrogens is 204 g/mol. The van der Waals surface area contributed by atoms with E-state index in [1.54, 1.807) is 7.11 Å². The van der Waals surface area contributed by atoms with Crippen molar-refractivity contribution >= 4 is 5.91 Å². The van der Waals surface area contributed by atoms with Gasteiger partial charge >= 0.3 is 0 Å². The standard InChI is InChI=1S/C12H24N2O2/c1-9(2)11(13)12(15)14-7-5-4-6-10(14)8-16-3/h9-11H,4-8,13H2,1-3H3/t10-,11?/m0/s1. The second-order valence-corrected chi connectivity index (χ2v) is 4.91. The third kappa shape index (κ3) is 3.19. The molecule has 0 aromatic heterocycles. The molecule has 4 heteroatoms. The average Bonchev–Trinajstić information content (AvgIpc) is 2.28. The molecule has 1 saturated heterocycles. The Morgan fingerprint density at radius 1 is 1.50 bits per heavy atom. The van der Waals surface area contributed by atoms with E-state index in [-0.39, 0.29) is 23.9 Å². The van der Waals surface area contributed by atoms with Crippen LogP contribution < -0.4 is 5.73 Å². The third-order valence-electron chi connectivity index (χ3n) is 3.27. The highest BCUT2D eigenvalue weighted by molar-refractivity contribution is 5.82. The van der Waals surface area contributed by atoms with Crippen molar-refractivity contribution < 1.29 is 9.53 Å². The summed E-state index contributed by atoms with van der Waals surface area (Å²) in [5, 5.41) is 0. The fourth-order valence-corrected chi connectivity index (χ4v) is 2.13. The van der Waals surface area contributed by atoms with Crippen molar-refractivity contribution in [3.05, 3.63) is 0 Å². The quantitative estimate of drug-likeness (QED) is 0.781. The lowest BCUT2D eigenvalue weighted by atomic mass is 9.98. The van der Waals surface area contributed by atoms with Crippen molar-refractivity contribution in [3.8, 4) is 0 Å². The van der Waals surface area contributed by atoms with Crippen molar-refractivity contribution in [2.75, 3.05) is 20.3 Å². The Morgan fingerprint density at radius 2 is 2.19 bits per heavy atom. The lowest BCUT2D eigenvalue weighted by Crippen LogP contribution is -2.53. The van der Waals surface area contributed by atoms with Crippen molar-refractivity contribution in [1.82, 2.24) is 4.90 Å². The number of hydrogen-bond acceptors (Lipinski definition) is 3. The van der Waals surface area contributed by atoms with E-state index in [2.05, 4.69) is 0 Å². The number of rotatable bonds is 4. The van der Waals surface area contributed by atoms with Crippen LogP contribution in [0.1, 0.15) is 33.1 Å². The number of ether oxygens (including phenoxy) is 1. The molecule has 1 heterocycles. The van der Waals surface area contributed by atoms with Gasteiger partial charge in [-0.05, 0) is 25.2 Å². The van der Waals surface area contributed by atoms with Crippen LogP contribution in [0.3, 0.4) is 0 Å². The van der Waals surface area contributed by atoms with Gasteiger partial charge in [0.25, 0.3) is 0 Å². The Bertz CT molecular complexity index is 229. The van der Waals surface area contributed by atoms with E-state index >= 15 is 0 Å². The zero-order chi connectivity index (χ0) is 12.1. The van der Waals surface area contributed by atoms with Crippen LogP contribution in [0.5, 0.6) is 0 Å². The lowest BCUT2D eigenvalue weighted by Gasteiger charge is -2.37. The van der Waals surface area contributed by atoms with E-state index < -0.39 is 0 Å². The molecule has 1 unspecified atom stereocenters. The fourth-order valence-electron chi connectivity index (χ4n) is 2.13. The molecule has 0 aromatic carbocycles. The van der Waals surface area contributed by atoms with Gasteiger partial charge in [0.05, 0.1) is 18.7 Å². The highest BCUT2D eigenvalue weighted by Crippen LogP contribution is 2.19. The highest BCUT2D eigenvalue weighted by Gasteiger charge is 2.30. The maximum atomic E-state index is 12.2. The van der Waals surface area contributed by atoms with Gasteiger partial charge in [0.15, 0.2) is 0 Å². The zero-order valence-corrected chi connectivity index (χ0v) is 10.6. The molecule has 0 radical (unpaired) electrons. The van der Waals surface area contributed by atoms with Crippen molar-refractivity contribution in [2.24, 2.45) is 11.7 Å². The molecular formula is C12H24N2O2. The summed E-state index contributed by atoms with van der Waals surface area (Å²) in [5.74, 6) is 0.273. The number of piperidine rings is 1. The van der Waals surface area contributed by atoms with E-state index in [9.17, 15) is 4.79 Å². The molecule has 1 rings (SSSR count). The van der Waals surface area contributed by atoms with Crippen LogP contribution in [-0.2, 0) is 9.53 Å². The van der Waals surface area contributed by atoms with E-state index in [0.717, 1.165) is 19.4 Å². The van der Waals surface area contributed by atoms with Gasteiger partial charge in [0.1, 0.15) is 0 Å². The molecule has 0 aromatic rings. The van der Waals surface area contributed by atoms with E-state index in [4.69, 9.17) is 10.5 Å². The van der Waals surface area contributed by atoms with Crippen LogP contribution in [0, 0.1) is 5.92 Å². The molecule has 0 aliphatic carbocycles. The third-order valence-corrected chi connectivity index (χ3v) is 3.27. The summed E-state index contributed by atoms with van der Waals surface area (Å²) in [5.41, 5.74) is 5.92. The largest absolute Gasteiger partial charge is 0.383 e. The second-order valence-electron chi connectivity index (χ2n) is 4.91. The van der Waals surface area contributed by atoms with Gasteiger partial charge in [-0.1, -0.05) is 13.8 Å². The molecule has 0 bridgehead atoms. The summed E-state index contributed by atoms with van der Waals surface area (Å²) < 4.78 is 5.17. The molecule has 1 amide bonds. The maximum Gasteiger partial charge on any atom is 0.240 e. The molecule has 2 atom stereocenters. The Hall–Kier alpha value is -0.610. The van der Waals surface area contributed by atoms with Gasteiger partial charge in [0.2, 0.25) is 5.91 Å². The van der Waals surface area contributed by atoms with Gasteiger partial charge in [-0.2, -0.15) is 0 Å². The van der Waals surface area contributed by atoms with Crippen LogP contribution >= 0.6 is 0 Å². The predicted molar refractivity (Wildman–Crippen MR) is 64.0 cm³/mol. The minimum absolute atomic E-state index is 0.0803. The number of nitrogens with two attached hydrogens (primary N) is 1. The first kappa shape index (κ1) is 13.5. The molecule has 1 aliphatic heterocycles. The molecule has 0 saturated carbocycles. The van der Waals surface area contributed by atoms with Crippen LogP contribution in [0.4, 0.5) is 0 Å². The monoisotopic (exact) mass is 228 g/mol. The predicted octanol–water partition coefficient (Wildman–Crippen LogP) is 0.997. The SMILES string of the molecule is COC[C@@H]1CCCCN1C(=O)C(N)C(C)C. The average molecular weight is 228 g/mol. The van der Waals surface area contributed by atoms with Gasteiger partial charge in [-0.25, -0.2) is 0 Å². The topological polar surface area (TPSA) is 55.6 Å². The number of methoxy groups -OCH3 is 1. The first-order valence-electron chi connectivity index (χ1n) is 6.13. The van der Waals surface area contributed by atoms with Crippen LogP contribution in [0.25, 0.3) is 0 Å². The smallest absolute Gasteiger partial charge is 0.240 e. The molecule has 94 valence electrons. The minimum atomic E-state index is -0.377. The summed E-state index contributed by atoms with van der Waals surface area (Å²) in [7, 11) is 1.68. The molecule has 1 fully saturated rings. The zero-order valence-electron chi connectivity index (χ0n) is 10.6. The molecule has 0 spiro atoms. The normalized spacial score (nSPS) is 23.6. The van der Waals surface area contributed by atoms with Crippen LogP contribution in [0.2, 0.25) is 0 Å². The summed E-state index contributed by atoms with van der Waals surface area (Å²) in [6.07, 6.45) is 3.29. The Balaban J connectivity index is 2.63. The molecule has 4 nitrogen and oxygen atoms in total. The van der Waals surface area contributed by atoms with Crippen molar-refractivity contribution in [2.45, 2.75) is 45.2 Å². The number of carbonyl (C=O) groups is 1. The molecule has 1 aliphatic rings. The first-order valence-corrected chi connectivity index (χ1v) is 6.13.